The minimum absolute atomic E-state index is 0.0328. The van der Waals surface area contributed by atoms with Crippen molar-refractivity contribution in [3.63, 3.8) is 0 Å². The van der Waals surface area contributed by atoms with E-state index in [1.165, 1.54) is 0 Å². The number of carbonyl (C=O) groups is 1. The van der Waals surface area contributed by atoms with E-state index in [1.54, 1.807) is 0 Å². The zero-order valence-electron chi connectivity index (χ0n) is 11.7. The third kappa shape index (κ3) is 3.96. The van der Waals surface area contributed by atoms with Crippen molar-refractivity contribution < 1.29 is 9.90 Å². The molecule has 0 aromatic heterocycles. The molecule has 0 radical (unpaired) electrons. The molecule has 1 fully saturated rings. The molecule has 1 rings (SSSR count). The van der Waals surface area contributed by atoms with Crippen LogP contribution in [-0.2, 0) is 4.79 Å². The molecule has 0 aromatic rings. The molecule has 2 unspecified atom stereocenters. The van der Waals surface area contributed by atoms with Gasteiger partial charge in [0.1, 0.15) is 0 Å². The van der Waals surface area contributed by atoms with Gasteiger partial charge < -0.3 is 10.0 Å². The van der Waals surface area contributed by atoms with E-state index in [-0.39, 0.29) is 12.0 Å². The van der Waals surface area contributed by atoms with Crippen LogP contribution in [0, 0.1) is 0 Å². The maximum absolute atomic E-state index is 10.7. The van der Waals surface area contributed by atoms with Crippen molar-refractivity contribution >= 4 is 5.97 Å². The number of nitrogens with zero attached hydrogens (tertiary/aromatic N) is 2. The molecule has 0 amide bonds. The van der Waals surface area contributed by atoms with E-state index in [2.05, 4.69) is 44.5 Å². The van der Waals surface area contributed by atoms with E-state index in [0.717, 1.165) is 13.0 Å². The Morgan fingerprint density at radius 2 is 2.06 bits per heavy atom. The maximum Gasteiger partial charge on any atom is 0.304 e. The van der Waals surface area contributed by atoms with Crippen molar-refractivity contribution in [1.82, 2.24) is 9.80 Å². The van der Waals surface area contributed by atoms with Crippen molar-refractivity contribution in [3.8, 4) is 0 Å². The lowest BCUT2D eigenvalue weighted by molar-refractivity contribution is -0.137. The molecule has 0 saturated carbocycles. The normalized spacial score (nSPS) is 26.7. The SMILES string of the molecule is CC1CC(N(CCC(=O)O)C(C)(C)C)CN1C. The van der Waals surface area contributed by atoms with Gasteiger partial charge in [0, 0.05) is 30.7 Å². The molecule has 1 N–H and O–H groups in total. The summed E-state index contributed by atoms with van der Waals surface area (Å²) in [5.41, 5.74) is 0.0328. The van der Waals surface area contributed by atoms with E-state index in [0.29, 0.717) is 18.6 Å². The van der Waals surface area contributed by atoms with Gasteiger partial charge in [-0.1, -0.05) is 0 Å². The molecule has 1 aliphatic rings. The fraction of sp³-hybridized carbons (Fsp3) is 0.923. The second-order valence-electron chi connectivity index (χ2n) is 6.19. The van der Waals surface area contributed by atoms with Gasteiger partial charge in [0.05, 0.1) is 6.42 Å². The second-order valence-corrected chi connectivity index (χ2v) is 6.19. The molecular formula is C13H26N2O2. The first-order valence-corrected chi connectivity index (χ1v) is 6.40. The summed E-state index contributed by atoms with van der Waals surface area (Å²) in [5.74, 6) is -0.710. The van der Waals surface area contributed by atoms with Gasteiger partial charge in [-0.3, -0.25) is 9.69 Å². The van der Waals surface area contributed by atoms with Crippen LogP contribution in [0.15, 0.2) is 0 Å². The number of rotatable bonds is 4. The van der Waals surface area contributed by atoms with Crippen molar-refractivity contribution in [1.29, 1.82) is 0 Å². The molecule has 2 atom stereocenters. The molecule has 1 heterocycles. The first-order chi connectivity index (χ1) is 7.71. The average Bonchev–Trinajstić information content (AvgIpc) is 2.44. The van der Waals surface area contributed by atoms with Gasteiger partial charge in [-0.05, 0) is 41.2 Å². The Bertz CT molecular complexity index is 263. The topological polar surface area (TPSA) is 43.8 Å². The van der Waals surface area contributed by atoms with E-state index in [4.69, 9.17) is 5.11 Å². The number of likely N-dealkylation sites (N-methyl/N-ethyl adjacent to an activating group) is 1. The number of aliphatic carboxylic acids is 1. The number of carboxylic acids is 1. The first kappa shape index (κ1) is 14.5. The smallest absolute Gasteiger partial charge is 0.304 e. The predicted molar refractivity (Wildman–Crippen MR) is 69.2 cm³/mol. The Labute approximate surface area is 105 Å². The Morgan fingerprint density at radius 3 is 2.41 bits per heavy atom. The third-order valence-electron chi connectivity index (χ3n) is 3.73. The highest BCUT2D eigenvalue weighted by Crippen LogP contribution is 2.26. The molecule has 100 valence electrons. The molecule has 0 spiro atoms. The molecule has 0 aliphatic carbocycles. The Balaban J connectivity index is 2.67. The van der Waals surface area contributed by atoms with Gasteiger partial charge in [-0.15, -0.1) is 0 Å². The van der Waals surface area contributed by atoms with Crippen molar-refractivity contribution in [2.45, 2.75) is 58.2 Å². The van der Waals surface area contributed by atoms with Crippen LogP contribution in [0.4, 0.5) is 0 Å². The van der Waals surface area contributed by atoms with Crippen molar-refractivity contribution in [2.24, 2.45) is 0 Å². The van der Waals surface area contributed by atoms with E-state index in [9.17, 15) is 4.79 Å². The van der Waals surface area contributed by atoms with Gasteiger partial charge in [0.2, 0.25) is 0 Å². The van der Waals surface area contributed by atoms with Crippen LogP contribution in [0.25, 0.3) is 0 Å². The predicted octanol–water partition coefficient (Wildman–Crippen LogP) is 1.65. The minimum Gasteiger partial charge on any atom is -0.481 e. The lowest BCUT2D eigenvalue weighted by Crippen LogP contribution is -2.49. The number of hydrogen-bond donors (Lipinski definition) is 1. The highest BCUT2D eigenvalue weighted by atomic mass is 16.4. The summed E-state index contributed by atoms with van der Waals surface area (Å²) in [6.07, 6.45) is 1.36. The fourth-order valence-electron chi connectivity index (χ4n) is 2.67. The monoisotopic (exact) mass is 242 g/mol. The van der Waals surface area contributed by atoms with Gasteiger partial charge >= 0.3 is 5.97 Å². The molecular weight excluding hydrogens is 216 g/mol. The molecule has 1 aliphatic heterocycles. The van der Waals surface area contributed by atoms with Crippen molar-refractivity contribution in [2.75, 3.05) is 20.1 Å². The fourth-order valence-corrected chi connectivity index (χ4v) is 2.67. The van der Waals surface area contributed by atoms with Crippen LogP contribution in [0.1, 0.15) is 40.5 Å². The lowest BCUT2D eigenvalue weighted by atomic mass is 10.0. The largest absolute Gasteiger partial charge is 0.481 e. The van der Waals surface area contributed by atoms with Crippen LogP contribution in [0.2, 0.25) is 0 Å². The number of hydrogen-bond acceptors (Lipinski definition) is 3. The Kier molecular flexibility index (Phi) is 4.55. The Morgan fingerprint density at radius 1 is 1.47 bits per heavy atom. The maximum atomic E-state index is 10.7. The minimum atomic E-state index is -0.710. The third-order valence-corrected chi connectivity index (χ3v) is 3.73. The summed E-state index contributed by atoms with van der Waals surface area (Å²) in [6, 6.07) is 1.07. The number of carboxylic acid groups (broad SMARTS) is 1. The molecule has 0 aromatic carbocycles. The molecule has 17 heavy (non-hydrogen) atoms. The first-order valence-electron chi connectivity index (χ1n) is 6.40. The molecule has 0 bridgehead atoms. The summed E-state index contributed by atoms with van der Waals surface area (Å²) in [4.78, 5) is 15.4. The van der Waals surface area contributed by atoms with Crippen LogP contribution in [0.5, 0.6) is 0 Å². The van der Waals surface area contributed by atoms with E-state index < -0.39 is 5.97 Å². The van der Waals surface area contributed by atoms with E-state index >= 15 is 0 Å². The van der Waals surface area contributed by atoms with Gasteiger partial charge in [-0.25, -0.2) is 0 Å². The number of likely N-dealkylation sites (tertiary alicyclic amines) is 1. The standard InChI is InChI=1S/C13H26N2O2/c1-10-8-11(9-14(10)5)15(13(2,3)4)7-6-12(16)17/h10-11H,6-9H2,1-5H3,(H,16,17). The zero-order valence-corrected chi connectivity index (χ0v) is 11.7. The average molecular weight is 242 g/mol. The van der Waals surface area contributed by atoms with Gasteiger partial charge in [-0.2, -0.15) is 0 Å². The molecule has 4 nitrogen and oxygen atoms in total. The van der Waals surface area contributed by atoms with Gasteiger partial charge in [0.15, 0.2) is 0 Å². The van der Waals surface area contributed by atoms with E-state index in [1.807, 2.05) is 0 Å². The summed E-state index contributed by atoms with van der Waals surface area (Å²) in [7, 11) is 2.14. The lowest BCUT2D eigenvalue weighted by Gasteiger charge is -2.40. The van der Waals surface area contributed by atoms with Crippen LogP contribution >= 0.6 is 0 Å². The zero-order chi connectivity index (χ0) is 13.2. The molecule has 4 heteroatoms. The Hall–Kier alpha value is -0.610. The summed E-state index contributed by atoms with van der Waals surface area (Å²) in [5, 5.41) is 8.84. The highest BCUT2D eigenvalue weighted by molar-refractivity contribution is 5.66. The van der Waals surface area contributed by atoms with Crippen LogP contribution in [-0.4, -0.2) is 58.6 Å². The summed E-state index contributed by atoms with van der Waals surface area (Å²) < 4.78 is 0. The summed E-state index contributed by atoms with van der Waals surface area (Å²) in [6.45, 7) is 10.4. The van der Waals surface area contributed by atoms with Gasteiger partial charge in [0.25, 0.3) is 0 Å². The highest BCUT2D eigenvalue weighted by Gasteiger charge is 2.35. The van der Waals surface area contributed by atoms with Crippen LogP contribution < -0.4 is 0 Å². The molecule has 1 saturated heterocycles. The second kappa shape index (κ2) is 5.36. The summed E-state index contributed by atoms with van der Waals surface area (Å²) >= 11 is 0. The quantitative estimate of drug-likeness (QED) is 0.814. The van der Waals surface area contributed by atoms with Crippen LogP contribution in [0.3, 0.4) is 0 Å². The van der Waals surface area contributed by atoms with Crippen molar-refractivity contribution in [3.05, 3.63) is 0 Å².